The van der Waals surface area contributed by atoms with E-state index in [1.807, 2.05) is 24.6 Å². The van der Waals surface area contributed by atoms with Crippen LogP contribution in [0.1, 0.15) is 17.8 Å². The molecular formula is C14H27N5S. The Morgan fingerprint density at radius 1 is 1.35 bits per heavy atom. The van der Waals surface area contributed by atoms with E-state index >= 15 is 0 Å². The number of hydrogen-bond donors (Lipinski definition) is 1. The van der Waals surface area contributed by atoms with E-state index in [0.29, 0.717) is 6.04 Å². The lowest BCUT2D eigenvalue weighted by Gasteiger charge is -2.35. The number of piperazine rings is 1. The first-order valence-electron chi connectivity index (χ1n) is 7.35. The van der Waals surface area contributed by atoms with Crippen LogP contribution >= 0.6 is 11.3 Å². The van der Waals surface area contributed by atoms with E-state index in [4.69, 9.17) is 0 Å². The summed E-state index contributed by atoms with van der Waals surface area (Å²) in [6.45, 7) is 8.95. The molecule has 0 aliphatic carbocycles. The van der Waals surface area contributed by atoms with E-state index in [1.165, 1.54) is 16.6 Å². The van der Waals surface area contributed by atoms with Crippen LogP contribution < -0.4 is 10.2 Å². The quantitative estimate of drug-likeness (QED) is 0.851. The largest absolute Gasteiger partial charge is 0.346 e. The summed E-state index contributed by atoms with van der Waals surface area (Å²) in [7, 11) is 6.26. The molecule has 0 saturated carbocycles. The predicted molar refractivity (Wildman–Crippen MR) is 86.8 cm³/mol. The van der Waals surface area contributed by atoms with Crippen molar-refractivity contribution in [3.8, 4) is 0 Å². The second-order valence-electron chi connectivity index (χ2n) is 5.69. The smallest absolute Gasteiger partial charge is 0.185 e. The molecule has 0 bridgehead atoms. The highest BCUT2D eigenvalue weighted by molar-refractivity contribution is 7.15. The molecule has 2 rings (SSSR count). The SMILES string of the molecule is CNC(C)c1cnc(N2CCN(CCN(C)C)CC2)s1. The standard InChI is InChI=1S/C14H27N5S/c1-12(15-2)13-11-16-14(20-13)19-9-7-18(8-10-19)6-5-17(3)4/h11-12,15H,5-10H2,1-4H3. The lowest BCUT2D eigenvalue weighted by molar-refractivity contribution is 0.229. The van der Waals surface area contributed by atoms with E-state index in [-0.39, 0.29) is 0 Å². The first-order chi connectivity index (χ1) is 9.60. The van der Waals surface area contributed by atoms with Crippen molar-refractivity contribution in [3.05, 3.63) is 11.1 Å². The van der Waals surface area contributed by atoms with Gasteiger partial charge in [0.2, 0.25) is 0 Å². The Bertz CT molecular complexity index is 398. The van der Waals surface area contributed by atoms with Crippen molar-refractivity contribution in [1.29, 1.82) is 0 Å². The van der Waals surface area contributed by atoms with Crippen LogP contribution in [0.15, 0.2) is 6.20 Å². The number of nitrogens with zero attached hydrogens (tertiary/aromatic N) is 4. The van der Waals surface area contributed by atoms with Gasteiger partial charge in [0.1, 0.15) is 0 Å². The van der Waals surface area contributed by atoms with Crippen molar-refractivity contribution in [2.75, 3.05) is 65.3 Å². The normalized spacial score (nSPS) is 18.8. The van der Waals surface area contributed by atoms with Crippen LogP contribution in [-0.2, 0) is 0 Å². The van der Waals surface area contributed by atoms with Gasteiger partial charge in [0.25, 0.3) is 0 Å². The third-order valence-corrected chi connectivity index (χ3v) is 5.12. The minimum Gasteiger partial charge on any atom is -0.346 e. The summed E-state index contributed by atoms with van der Waals surface area (Å²) in [5, 5.41) is 4.45. The molecule has 1 fully saturated rings. The zero-order chi connectivity index (χ0) is 14.5. The minimum atomic E-state index is 0.391. The average Bonchev–Trinajstić information content (AvgIpc) is 2.94. The van der Waals surface area contributed by atoms with E-state index in [0.717, 1.165) is 32.7 Å². The average molecular weight is 297 g/mol. The van der Waals surface area contributed by atoms with Crippen LogP contribution in [0.2, 0.25) is 0 Å². The van der Waals surface area contributed by atoms with Gasteiger partial charge in [0.15, 0.2) is 5.13 Å². The van der Waals surface area contributed by atoms with E-state index in [2.05, 4.69) is 46.0 Å². The maximum absolute atomic E-state index is 4.59. The molecule has 20 heavy (non-hydrogen) atoms. The van der Waals surface area contributed by atoms with Crippen molar-refractivity contribution in [2.24, 2.45) is 0 Å². The lowest BCUT2D eigenvalue weighted by Crippen LogP contribution is -2.48. The van der Waals surface area contributed by atoms with E-state index < -0.39 is 0 Å². The molecular weight excluding hydrogens is 270 g/mol. The second kappa shape index (κ2) is 7.36. The van der Waals surface area contributed by atoms with Gasteiger partial charge in [0, 0.05) is 56.4 Å². The highest BCUT2D eigenvalue weighted by Gasteiger charge is 2.20. The number of aromatic nitrogens is 1. The highest BCUT2D eigenvalue weighted by atomic mass is 32.1. The van der Waals surface area contributed by atoms with Gasteiger partial charge in [-0.2, -0.15) is 0 Å². The lowest BCUT2D eigenvalue weighted by atomic mass is 10.3. The molecule has 0 aromatic carbocycles. The summed E-state index contributed by atoms with van der Waals surface area (Å²) in [4.78, 5) is 13.1. The fourth-order valence-electron chi connectivity index (χ4n) is 2.27. The summed E-state index contributed by atoms with van der Waals surface area (Å²) in [6, 6.07) is 0.391. The Labute approximate surface area is 126 Å². The molecule has 1 N–H and O–H groups in total. The van der Waals surface area contributed by atoms with Crippen LogP contribution in [0.4, 0.5) is 5.13 Å². The Hall–Kier alpha value is -0.690. The van der Waals surface area contributed by atoms with Crippen LogP contribution in [0.3, 0.4) is 0 Å². The fraction of sp³-hybridized carbons (Fsp3) is 0.786. The maximum atomic E-state index is 4.59. The van der Waals surface area contributed by atoms with Gasteiger partial charge in [-0.15, -0.1) is 11.3 Å². The molecule has 1 aromatic rings. The van der Waals surface area contributed by atoms with Crippen molar-refractivity contribution >= 4 is 16.5 Å². The molecule has 0 spiro atoms. The van der Waals surface area contributed by atoms with Gasteiger partial charge in [-0.05, 0) is 28.1 Å². The second-order valence-corrected chi connectivity index (χ2v) is 6.73. The van der Waals surface area contributed by atoms with Gasteiger partial charge in [-0.1, -0.05) is 0 Å². The number of nitrogens with one attached hydrogen (secondary N) is 1. The summed E-state index contributed by atoms with van der Waals surface area (Å²) in [6.07, 6.45) is 2.01. The Balaban J connectivity index is 1.83. The van der Waals surface area contributed by atoms with Gasteiger partial charge in [-0.25, -0.2) is 4.98 Å². The van der Waals surface area contributed by atoms with Crippen LogP contribution in [0.5, 0.6) is 0 Å². The van der Waals surface area contributed by atoms with Crippen molar-refractivity contribution in [1.82, 2.24) is 20.1 Å². The molecule has 1 atom stereocenters. The molecule has 114 valence electrons. The highest BCUT2D eigenvalue weighted by Crippen LogP contribution is 2.27. The van der Waals surface area contributed by atoms with Gasteiger partial charge >= 0.3 is 0 Å². The fourth-order valence-corrected chi connectivity index (χ4v) is 3.30. The Morgan fingerprint density at radius 2 is 2.05 bits per heavy atom. The molecule has 1 unspecified atom stereocenters. The Morgan fingerprint density at radius 3 is 2.65 bits per heavy atom. The van der Waals surface area contributed by atoms with Crippen molar-refractivity contribution in [3.63, 3.8) is 0 Å². The molecule has 6 heteroatoms. The number of anilines is 1. The first-order valence-corrected chi connectivity index (χ1v) is 8.17. The molecule has 0 amide bonds. The molecule has 5 nitrogen and oxygen atoms in total. The van der Waals surface area contributed by atoms with Crippen LogP contribution in [0.25, 0.3) is 0 Å². The third-order valence-electron chi connectivity index (χ3n) is 3.88. The maximum Gasteiger partial charge on any atom is 0.185 e. The first kappa shape index (κ1) is 15.7. The monoisotopic (exact) mass is 297 g/mol. The number of rotatable bonds is 6. The molecule has 1 aliphatic rings. The summed E-state index contributed by atoms with van der Waals surface area (Å²) >= 11 is 1.82. The van der Waals surface area contributed by atoms with Crippen LogP contribution in [-0.4, -0.2) is 75.2 Å². The molecule has 1 aromatic heterocycles. The zero-order valence-corrected chi connectivity index (χ0v) is 13.9. The van der Waals surface area contributed by atoms with Gasteiger partial charge < -0.3 is 15.1 Å². The zero-order valence-electron chi connectivity index (χ0n) is 13.1. The number of thiazole rings is 1. The molecule has 1 aliphatic heterocycles. The summed E-state index contributed by atoms with van der Waals surface area (Å²) in [5.74, 6) is 0. The summed E-state index contributed by atoms with van der Waals surface area (Å²) in [5.41, 5.74) is 0. The Kier molecular flexibility index (Phi) is 5.77. The van der Waals surface area contributed by atoms with E-state index in [1.54, 1.807) is 0 Å². The third kappa shape index (κ3) is 4.15. The topological polar surface area (TPSA) is 34.6 Å². The van der Waals surface area contributed by atoms with Crippen molar-refractivity contribution < 1.29 is 0 Å². The number of likely N-dealkylation sites (N-methyl/N-ethyl adjacent to an activating group) is 1. The molecule has 0 radical (unpaired) electrons. The van der Waals surface area contributed by atoms with Gasteiger partial charge in [-0.3, -0.25) is 4.90 Å². The number of hydrogen-bond acceptors (Lipinski definition) is 6. The van der Waals surface area contributed by atoms with E-state index in [9.17, 15) is 0 Å². The van der Waals surface area contributed by atoms with Crippen molar-refractivity contribution in [2.45, 2.75) is 13.0 Å². The predicted octanol–water partition coefficient (Wildman–Crippen LogP) is 1.11. The summed E-state index contributed by atoms with van der Waals surface area (Å²) < 4.78 is 0. The van der Waals surface area contributed by atoms with Gasteiger partial charge in [0.05, 0.1) is 0 Å². The minimum absolute atomic E-state index is 0.391. The molecule has 2 heterocycles. The van der Waals surface area contributed by atoms with Crippen LogP contribution in [0, 0.1) is 0 Å². The molecule has 1 saturated heterocycles.